The third-order valence-electron chi connectivity index (χ3n) is 2.60. The fourth-order valence-corrected chi connectivity index (χ4v) is 2.10. The average Bonchev–Trinajstić information content (AvgIpc) is 2.26. The van der Waals surface area contributed by atoms with Crippen LogP contribution in [0.25, 0.3) is 11.1 Å². The molecule has 0 nitrogen and oxygen atoms in total. The van der Waals surface area contributed by atoms with E-state index in [2.05, 4.69) is 22.0 Å². The zero-order chi connectivity index (χ0) is 11.7. The molecule has 2 aromatic rings. The second-order valence-electron chi connectivity index (χ2n) is 3.80. The molecule has 0 aromatic heterocycles. The average molecular weight is 278 g/mol. The predicted octanol–water partition coefficient (Wildman–Crippen LogP) is 4.67. The van der Waals surface area contributed by atoms with Crippen LogP contribution in [0.15, 0.2) is 34.8 Å². The van der Waals surface area contributed by atoms with Crippen LogP contribution in [-0.2, 0) is 0 Å². The Morgan fingerprint density at radius 1 is 1.25 bits per heavy atom. The van der Waals surface area contributed by atoms with Gasteiger partial charge in [-0.05, 0) is 60.4 Å². The van der Waals surface area contributed by atoms with Gasteiger partial charge in [0.15, 0.2) is 0 Å². The van der Waals surface area contributed by atoms with Gasteiger partial charge in [0.05, 0.1) is 0 Å². The first kappa shape index (κ1) is 11.3. The van der Waals surface area contributed by atoms with Crippen LogP contribution in [0.3, 0.4) is 0 Å². The van der Waals surface area contributed by atoms with E-state index in [1.54, 1.807) is 19.9 Å². The molecule has 0 amide bonds. The maximum Gasteiger partial charge on any atom is 0.129 e. The monoisotopic (exact) mass is 277 g/mol. The summed E-state index contributed by atoms with van der Waals surface area (Å²) in [5, 5.41) is 0. The smallest absolute Gasteiger partial charge is 0.129 e. The summed E-state index contributed by atoms with van der Waals surface area (Å²) < 4.78 is 14.7. The highest BCUT2D eigenvalue weighted by Gasteiger charge is 2.09. The topological polar surface area (TPSA) is 0 Å². The third kappa shape index (κ3) is 2.03. The van der Waals surface area contributed by atoms with Crippen LogP contribution in [0, 0.1) is 25.7 Å². The number of benzene rings is 2. The molecule has 0 aliphatic carbocycles. The first-order valence-electron chi connectivity index (χ1n) is 5.03. The summed E-state index contributed by atoms with van der Waals surface area (Å²) in [6, 6.07) is 12.6. The molecule has 0 saturated carbocycles. The summed E-state index contributed by atoms with van der Waals surface area (Å²) in [6.07, 6.45) is 0. The lowest BCUT2D eigenvalue weighted by Gasteiger charge is -2.08. The zero-order valence-corrected chi connectivity index (χ0v) is 10.7. The molecule has 0 atom stereocenters. The molecule has 0 unspecified atom stereocenters. The van der Waals surface area contributed by atoms with Crippen molar-refractivity contribution in [1.29, 1.82) is 0 Å². The van der Waals surface area contributed by atoms with Crippen LogP contribution in [0.5, 0.6) is 0 Å². The molecule has 2 rings (SSSR count). The summed E-state index contributed by atoms with van der Waals surface area (Å²) in [7, 11) is 0. The summed E-state index contributed by atoms with van der Waals surface area (Å²) in [5.41, 5.74) is 3.09. The van der Waals surface area contributed by atoms with Crippen molar-refractivity contribution in [1.82, 2.24) is 0 Å². The Bertz CT molecular complexity index is 532. The van der Waals surface area contributed by atoms with E-state index in [9.17, 15) is 4.39 Å². The largest absolute Gasteiger partial charge is 0.206 e. The summed E-state index contributed by atoms with van der Waals surface area (Å²) in [4.78, 5) is 0. The van der Waals surface area contributed by atoms with E-state index in [1.807, 2.05) is 24.3 Å². The third-order valence-corrected chi connectivity index (χ3v) is 3.09. The Morgan fingerprint density at radius 3 is 2.69 bits per heavy atom. The van der Waals surface area contributed by atoms with Crippen LogP contribution >= 0.6 is 15.9 Å². The molecule has 2 aromatic carbocycles. The molecule has 0 fully saturated rings. The van der Waals surface area contributed by atoms with Crippen molar-refractivity contribution in [2.75, 3.05) is 0 Å². The van der Waals surface area contributed by atoms with Gasteiger partial charge in [-0.3, -0.25) is 0 Å². The van der Waals surface area contributed by atoms with Gasteiger partial charge in [0, 0.05) is 4.47 Å². The van der Waals surface area contributed by atoms with E-state index >= 15 is 0 Å². The second kappa shape index (κ2) is 4.38. The van der Waals surface area contributed by atoms with Crippen molar-refractivity contribution in [2.45, 2.75) is 13.8 Å². The molecule has 2 heteroatoms. The molecule has 0 bridgehead atoms. The van der Waals surface area contributed by atoms with E-state index in [4.69, 9.17) is 0 Å². The maximum atomic E-state index is 13.7. The van der Waals surface area contributed by atoms with Crippen molar-refractivity contribution in [3.8, 4) is 11.1 Å². The minimum absolute atomic E-state index is 0.145. The van der Waals surface area contributed by atoms with E-state index in [0.717, 1.165) is 15.6 Å². The van der Waals surface area contributed by atoms with Gasteiger partial charge in [0.25, 0.3) is 0 Å². The Labute approximate surface area is 103 Å². The maximum absolute atomic E-state index is 13.7. The SMILES string of the molecule is Cc1c[c]c(-c2cccc(Br)c2)c(C)c1F. The van der Waals surface area contributed by atoms with Crippen molar-refractivity contribution >= 4 is 15.9 Å². The molecule has 0 spiro atoms. The molecule has 16 heavy (non-hydrogen) atoms. The molecular weight excluding hydrogens is 267 g/mol. The van der Waals surface area contributed by atoms with Crippen molar-refractivity contribution < 1.29 is 4.39 Å². The number of hydrogen-bond acceptors (Lipinski definition) is 0. The van der Waals surface area contributed by atoms with Gasteiger partial charge in [-0.15, -0.1) is 0 Å². The fourth-order valence-electron chi connectivity index (χ4n) is 1.70. The van der Waals surface area contributed by atoms with E-state index in [0.29, 0.717) is 11.1 Å². The molecule has 81 valence electrons. The first-order chi connectivity index (χ1) is 7.59. The van der Waals surface area contributed by atoms with Crippen LogP contribution in [0.1, 0.15) is 11.1 Å². The van der Waals surface area contributed by atoms with Gasteiger partial charge in [-0.1, -0.05) is 28.1 Å². The molecule has 0 aliphatic rings. The van der Waals surface area contributed by atoms with Crippen LogP contribution in [-0.4, -0.2) is 0 Å². The van der Waals surface area contributed by atoms with Crippen LogP contribution in [0.4, 0.5) is 4.39 Å². The lowest BCUT2D eigenvalue weighted by molar-refractivity contribution is 0.610. The molecule has 1 radical (unpaired) electrons. The molecule has 0 aliphatic heterocycles. The Balaban J connectivity index is 2.61. The Morgan fingerprint density at radius 2 is 2.00 bits per heavy atom. The highest BCUT2D eigenvalue weighted by Crippen LogP contribution is 2.28. The van der Waals surface area contributed by atoms with Gasteiger partial charge in [-0.2, -0.15) is 0 Å². The summed E-state index contributed by atoms with van der Waals surface area (Å²) in [6.45, 7) is 3.54. The minimum atomic E-state index is -0.145. The van der Waals surface area contributed by atoms with Gasteiger partial charge >= 0.3 is 0 Å². The quantitative estimate of drug-likeness (QED) is 0.711. The highest BCUT2D eigenvalue weighted by atomic mass is 79.9. The Hall–Kier alpha value is -1.15. The normalized spacial score (nSPS) is 10.5. The number of aryl methyl sites for hydroxylation is 1. The summed E-state index contributed by atoms with van der Waals surface area (Å²) in [5.74, 6) is -0.145. The number of rotatable bonds is 1. The Kier molecular flexibility index (Phi) is 3.10. The van der Waals surface area contributed by atoms with Crippen LogP contribution < -0.4 is 0 Å². The van der Waals surface area contributed by atoms with Crippen molar-refractivity contribution in [2.24, 2.45) is 0 Å². The number of hydrogen-bond donors (Lipinski definition) is 0. The van der Waals surface area contributed by atoms with E-state index in [-0.39, 0.29) is 5.82 Å². The van der Waals surface area contributed by atoms with Crippen LogP contribution in [0.2, 0.25) is 0 Å². The fraction of sp³-hybridized carbons (Fsp3) is 0.143. The lowest BCUT2D eigenvalue weighted by Crippen LogP contribution is -1.92. The molecule has 0 N–H and O–H groups in total. The van der Waals surface area contributed by atoms with Crippen molar-refractivity contribution in [3.05, 3.63) is 57.8 Å². The predicted molar refractivity (Wildman–Crippen MR) is 67.8 cm³/mol. The van der Waals surface area contributed by atoms with Gasteiger partial charge in [0.1, 0.15) is 5.82 Å². The van der Waals surface area contributed by atoms with Crippen molar-refractivity contribution in [3.63, 3.8) is 0 Å². The van der Waals surface area contributed by atoms with Gasteiger partial charge in [-0.25, -0.2) is 4.39 Å². The number of halogens is 2. The van der Waals surface area contributed by atoms with E-state index in [1.165, 1.54) is 0 Å². The molecule has 0 heterocycles. The minimum Gasteiger partial charge on any atom is -0.206 e. The van der Waals surface area contributed by atoms with E-state index < -0.39 is 0 Å². The van der Waals surface area contributed by atoms with Gasteiger partial charge < -0.3 is 0 Å². The summed E-state index contributed by atoms with van der Waals surface area (Å²) >= 11 is 3.41. The molecular formula is C14H11BrF. The standard InChI is InChI=1S/C14H11BrF/c1-9-6-7-13(10(2)14(9)16)11-4-3-5-12(15)8-11/h3-6,8H,1-2H3. The second-order valence-corrected chi connectivity index (χ2v) is 4.71. The highest BCUT2D eigenvalue weighted by molar-refractivity contribution is 9.10. The zero-order valence-electron chi connectivity index (χ0n) is 9.14. The lowest BCUT2D eigenvalue weighted by atomic mass is 9.98. The van der Waals surface area contributed by atoms with Gasteiger partial charge in [0.2, 0.25) is 0 Å². The first-order valence-corrected chi connectivity index (χ1v) is 5.82. The molecule has 0 saturated heterocycles.